The van der Waals surface area contributed by atoms with Gasteiger partial charge in [-0.1, -0.05) is 30.7 Å². The summed E-state index contributed by atoms with van der Waals surface area (Å²) in [6.45, 7) is -0.189. The van der Waals surface area contributed by atoms with Crippen molar-refractivity contribution in [2.45, 2.75) is 25.5 Å². The number of rotatable bonds is 2. The van der Waals surface area contributed by atoms with E-state index in [1.165, 1.54) is 29.3 Å². The molecule has 1 fully saturated rings. The second kappa shape index (κ2) is 4.84. The van der Waals surface area contributed by atoms with Crippen LogP contribution in [0, 0.1) is 11.8 Å². The molecule has 3 heterocycles. The minimum Gasteiger partial charge on any atom is -0.654 e. The lowest BCUT2D eigenvalue weighted by Gasteiger charge is -2.44. The Morgan fingerprint density at radius 1 is 1.26 bits per heavy atom. The van der Waals surface area contributed by atoms with Gasteiger partial charge in [-0.25, -0.2) is 0 Å². The predicted octanol–water partition coefficient (Wildman–Crippen LogP) is 3.42. The number of pyridine rings is 1. The van der Waals surface area contributed by atoms with E-state index in [4.69, 9.17) is 9.39 Å². The van der Waals surface area contributed by atoms with Crippen molar-refractivity contribution in [3.05, 3.63) is 48.2 Å². The van der Waals surface area contributed by atoms with Crippen LogP contribution < -0.4 is 9.13 Å². The van der Waals surface area contributed by atoms with Crippen LogP contribution in [0.2, 0.25) is 12.6 Å². The number of benzene rings is 1. The molecule has 3 aliphatic rings. The predicted molar refractivity (Wildman–Crippen MR) is 91.7 cm³/mol. The van der Waals surface area contributed by atoms with Gasteiger partial charge in [-0.15, -0.1) is 0 Å². The third-order valence-corrected chi connectivity index (χ3v) is 6.02. The molecule has 1 aromatic heterocycles. The Balaban J connectivity index is 1.58. The second-order valence-electron chi connectivity index (χ2n) is 7.62. The number of ether oxygens (including phenoxy) is 1. The molecule has 23 heavy (non-hydrogen) atoms. The van der Waals surface area contributed by atoms with Gasteiger partial charge in [-0.2, -0.15) is 0 Å². The van der Waals surface area contributed by atoms with Gasteiger partial charge in [0.25, 0.3) is 0 Å². The van der Waals surface area contributed by atoms with Crippen LogP contribution in [0.15, 0.2) is 48.2 Å². The molecule has 3 unspecified atom stereocenters. The smallest absolute Gasteiger partial charge is 0.457 e. The first-order chi connectivity index (χ1) is 11.3. The summed E-state index contributed by atoms with van der Waals surface area (Å²) in [5.74, 6) is 2.43. The van der Waals surface area contributed by atoms with E-state index in [0.29, 0.717) is 5.92 Å². The zero-order chi connectivity index (χ0) is 15.4. The van der Waals surface area contributed by atoms with Gasteiger partial charge in [0.1, 0.15) is 11.9 Å². The summed E-state index contributed by atoms with van der Waals surface area (Å²) in [7, 11) is 1.80. The normalized spacial score (nSPS) is 31.3. The number of fused-ring (bicyclic) bond motifs is 3. The van der Waals surface area contributed by atoms with E-state index < -0.39 is 6.48 Å². The van der Waals surface area contributed by atoms with Crippen LogP contribution in [0.3, 0.4) is 0 Å². The number of aromatic nitrogens is 1. The summed E-state index contributed by atoms with van der Waals surface area (Å²) in [5, 5.41) is 1.29. The molecule has 1 aromatic carbocycles. The maximum Gasteiger partial charge on any atom is 0.457 e. The molecular weight excluding hydrogens is 285 g/mol. The van der Waals surface area contributed by atoms with Crippen molar-refractivity contribution in [3.63, 3.8) is 0 Å². The molecule has 2 aromatic rings. The Kier molecular flexibility index (Phi) is 2.87. The fourth-order valence-corrected chi connectivity index (χ4v) is 5.45. The summed E-state index contributed by atoms with van der Waals surface area (Å²) in [6.07, 6.45) is 9.48. The molecule has 0 saturated carbocycles. The van der Waals surface area contributed by atoms with Gasteiger partial charge in [0.2, 0.25) is 5.52 Å². The van der Waals surface area contributed by atoms with Crippen LogP contribution in [0.1, 0.15) is 12.8 Å². The van der Waals surface area contributed by atoms with Gasteiger partial charge in [0, 0.05) is 12.5 Å². The lowest BCUT2D eigenvalue weighted by atomic mass is 9.37. The molecular formula is C19H22BNO2. The van der Waals surface area contributed by atoms with Gasteiger partial charge in [-0.3, -0.25) is 0 Å². The minimum atomic E-state index is -0.977. The van der Waals surface area contributed by atoms with Crippen molar-refractivity contribution >= 4 is 17.4 Å². The van der Waals surface area contributed by atoms with E-state index in [-0.39, 0.29) is 0 Å². The van der Waals surface area contributed by atoms with Gasteiger partial charge in [0.05, 0.1) is 6.61 Å². The quantitative estimate of drug-likeness (QED) is 0.626. The topological polar surface area (TPSA) is 22.3 Å². The summed E-state index contributed by atoms with van der Waals surface area (Å²) in [6, 6.07) is 10.8. The molecule has 1 aliphatic carbocycles. The SMILES string of the molecule is COCC1=CC2CC(C1)C[B-]1(C2)Oc2cccc3ccc[n+]1c23. The van der Waals surface area contributed by atoms with Crippen LogP contribution in [0.25, 0.3) is 10.9 Å². The fourth-order valence-electron chi connectivity index (χ4n) is 5.45. The minimum absolute atomic E-state index is 0.629. The van der Waals surface area contributed by atoms with E-state index in [0.717, 1.165) is 30.9 Å². The van der Waals surface area contributed by atoms with Crippen LogP contribution in [0.4, 0.5) is 0 Å². The van der Waals surface area contributed by atoms with Gasteiger partial charge >= 0.3 is 6.48 Å². The Morgan fingerprint density at radius 2 is 2.17 bits per heavy atom. The molecule has 3 nitrogen and oxygen atoms in total. The van der Waals surface area contributed by atoms with E-state index in [2.05, 4.69) is 47.1 Å². The van der Waals surface area contributed by atoms with E-state index in [1.807, 2.05) is 0 Å². The molecule has 5 rings (SSSR count). The number of allylic oxidation sites excluding steroid dienone is 1. The van der Waals surface area contributed by atoms with Crippen molar-refractivity contribution in [2.24, 2.45) is 11.8 Å². The van der Waals surface area contributed by atoms with E-state index in [1.54, 1.807) is 7.11 Å². The van der Waals surface area contributed by atoms with E-state index in [9.17, 15) is 0 Å². The molecule has 2 bridgehead atoms. The Labute approximate surface area is 136 Å². The molecule has 0 radical (unpaired) electrons. The highest BCUT2D eigenvalue weighted by Crippen LogP contribution is 2.46. The number of para-hydroxylation sites is 1. The molecule has 4 heteroatoms. The van der Waals surface area contributed by atoms with Crippen molar-refractivity contribution < 1.29 is 13.9 Å². The largest absolute Gasteiger partial charge is 0.654 e. The van der Waals surface area contributed by atoms with Gasteiger partial charge in [-0.05, 0) is 48.6 Å². The summed E-state index contributed by atoms with van der Waals surface area (Å²) >= 11 is 0. The van der Waals surface area contributed by atoms with Crippen LogP contribution in [-0.2, 0) is 4.74 Å². The maximum absolute atomic E-state index is 6.65. The third-order valence-electron chi connectivity index (χ3n) is 6.02. The number of nitrogens with zero attached hydrogens (tertiary/aromatic N) is 1. The zero-order valence-electron chi connectivity index (χ0n) is 13.6. The molecule has 118 valence electrons. The highest BCUT2D eigenvalue weighted by Gasteiger charge is 2.53. The first kappa shape index (κ1) is 13.6. The molecule has 0 amide bonds. The number of hydrogen-bond acceptors (Lipinski definition) is 2. The fraction of sp³-hybridized carbons (Fsp3) is 0.421. The number of hydrogen-bond donors (Lipinski definition) is 0. The lowest BCUT2D eigenvalue weighted by molar-refractivity contribution is -0.524. The Hall–Kier alpha value is -1.81. The lowest BCUT2D eigenvalue weighted by Crippen LogP contribution is -2.68. The van der Waals surface area contributed by atoms with Crippen molar-refractivity contribution in [1.82, 2.24) is 0 Å². The molecule has 3 atom stereocenters. The van der Waals surface area contributed by atoms with E-state index >= 15 is 0 Å². The molecule has 1 spiro atoms. The highest BCUT2D eigenvalue weighted by molar-refractivity contribution is 6.67. The molecule has 2 aliphatic heterocycles. The first-order valence-electron chi connectivity index (χ1n) is 8.76. The molecule has 1 saturated heterocycles. The van der Waals surface area contributed by atoms with Crippen molar-refractivity contribution in [2.75, 3.05) is 13.7 Å². The Morgan fingerprint density at radius 3 is 3.04 bits per heavy atom. The van der Waals surface area contributed by atoms with Gasteiger partial charge in [0.15, 0.2) is 0 Å². The summed E-state index contributed by atoms with van der Waals surface area (Å²) in [5.41, 5.74) is 2.77. The average Bonchev–Trinajstić information content (AvgIpc) is 2.82. The Bertz CT molecular complexity index is 813. The third kappa shape index (κ3) is 1.97. The van der Waals surface area contributed by atoms with Crippen molar-refractivity contribution in [3.8, 4) is 5.75 Å². The monoisotopic (exact) mass is 307 g/mol. The average molecular weight is 307 g/mol. The standard InChI is InChI=1S/C19H22BNO2/c1-22-13-16-9-14-8-15(10-16)12-20(11-14)21-7-3-5-17-4-2-6-18(23-20)19(17)21/h2-7,9,14-15H,8,10-13H2,1H3. The van der Waals surface area contributed by atoms with Crippen LogP contribution in [0.5, 0.6) is 5.75 Å². The highest BCUT2D eigenvalue weighted by atomic mass is 16.5. The molecule has 0 N–H and O–H groups in total. The summed E-state index contributed by atoms with van der Waals surface area (Å²) in [4.78, 5) is 0. The zero-order valence-corrected chi connectivity index (χ0v) is 13.6. The number of methoxy groups -OCH3 is 1. The van der Waals surface area contributed by atoms with Gasteiger partial charge < -0.3 is 13.9 Å². The van der Waals surface area contributed by atoms with Crippen molar-refractivity contribution in [1.29, 1.82) is 0 Å². The van der Waals surface area contributed by atoms with Crippen LogP contribution >= 0.6 is 0 Å². The maximum atomic E-state index is 6.65. The first-order valence-corrected chi connectivity index (χ1v) is 8.76. The van der Waals surface area contributed by atoms with Crippen LogP contribution in [-0.4, -0.2) is 20.2 Å². The summed E-state index contributed by atoms with van der Waals surface area (Å²) < 4.78 is 14.5. The second-order valence-corrected chi connectivity index (χ2v) is 7.62.